The van der Waals surface area contributed by atoms with E-state index >= 15 is 0 Å². The predicted molar refractivity (Wildman–Crippen MR) is 111 cm³/mol. The van der Waals surface area contributed by atoms with Crippen LogP contribution in [0.5, 0.6) is 0 Å². The maximum absolute atomic E-state index is 11.2. The molecule has 3 N–H and O–H groups in total. The summed E-state index contributed by atoms with van der Waals surface area (Å²) in [6.45, 7) is 8.52. The van der Waals surface area contributed by atoms with Crippen LogP contribution in [0, 0.1) is 11.8 Å². The van der Waals surface area contributed by atoms with Gasteiger partial charge in [0, 0.05) is 11.8 Å². The minimum atomic E-state index is -0.420. The summed E-state index contributed by atoms with van der Waals surface area (Å²) in [5.41, 5.74) is 12.0. The van der Waals surface area contributed by atoms with Gasteiger partial charge in [0.15, 0.2) is 0 Å². The second-order valence-electron chi connectivity index (χ2n) is 6.88. The number of nitrogens with two attached hydrogens (primary N) is 1. The number of nitrogens with one attached hydrogen (secondary N) is 1. The van der Waals surface area contributed by atoms with E-state index in [2.05, 4.69) is 33.2 Å². The van der Waals surface area contributed by atoms with Gasteiger partial charge in [0.2, 0.25) is 5.91 Å². The third-order valence-electron chi connectivity index (χ3n) is 3.88. The number of amides is 1. The van der Waals surface area contributed by atoms with Crippen molar-refractivity contribution in [1.29, 1.82) is 0 Å². The number of benzene rings is 1. The SMILES string of the molecule is CC(C)=C(N/N=C\C(CCC=P)CC(C)C)c1ccc(C(N)=O)cc1. The topological polar surface area (TPSA) is 67.5 Å². The van der Waals surface area contributed by atoms with Crippen LogP contribution in [-0.4, -0.2) is 17.9 Å². The van der Waals surface area contributed by atoms with Crippen LogP contribution < -0.4 is 11.2 Å². The summed E-state index contributed by atoms with van der Waals surface area (Å²) in [7, 11) is 3.42. The van der Waals surface area contributed by atoms with E-state index in [4.69, 9.17) is 5.73 Å². The number of nitrogens with zero attached hydrogens (tertiary/aromatic N) is 1. The van der Waals surface area contributed by atoms with Crippen LogP contribution in [0.25, 0.3) is 5.70 Å². The molecule has 0 aliphatic heterocycles. The summed E-state index contributed by atoms with van der Waals surface area (Å²) in [6.07, 6.45) is 5.22. The Morgan fingerprint density at radius 1 is 1.24 bits per heavy atom. The molecule has 0 aliphatic carbocycles. The van der Waals surface area contributed by atoms with Gasteiger partial charge in [0.25, 0.3) is 0 Å². The van der Waals surface area contributed by atoms with Crippen LogP contribution in [0.1, 0.15) is 62.9 Å². The molecule has 0 saturated carbocycles. The zero-order valence-corrected chi connectivity index (χ0v) is 16.7. The summed E-state index contributed by atoms with van der Waals surface area (Å²) in [4.78, 5) is 11.2. The van der Waals surface area contributed by atoms with Crippen molar-refractivity contribution in [2.24, 2.45) is 22.7 Å². The van der Waals surface area contributed by atoms with Crippen LogP contribution in [0.3, 0.4) is 0 Å². The molecule has 1 amide bonds. The van der Waals surface area contributed by atoms with Crippen molar-refractivity contribution in [2.75, 3.05) is 0 Å². The van der Waals surface area contributed by atoms with Gasteiger partial charge in [-0.25, -0.2) is 0 Å². The largest absolute Gasteiger partial charge is 0.366 e. The van der Waals surface area contributed by atoms with E-state index in [1.807, 2.05) is 38.0 Å². The van der Waals surface area contributed by atoms with Gasteiger partial charge in [-0.05, 0) is 62.6 Å². The van der Waals surface area contributed by atoms with Gasteiger partial charge in [-0.1, -0.05) is 37.3 Å². The number of primary amides is 1. The fraction of sp³-hybridized carbons (Fsp3) is 0.450. The summed E-state index contributed by atoms with van der Waals surface area (Å²) in [6, 6.07) is 7.24. The lowest BCUT2D eigenvalue weighted by molar-refractivity contribution is 0.100. The van der Waals surface area contributed by atoms with E-state index in [1.54, 1.807) is 12.1 Å². The molecule has 0 aliphatic rings. The lowest BCUT2D eigenvalue weighted by Crippen LogP contribution is -2.13. The second kappa shape index (κ2) is 10.8. The molecule has 1 rings (SSSR count). The van der Waals surface area contributed by atoms with E-state index in [0.29, 0.717) is 17.4 Å². The number of hydrazone groups is 1. The van der Waals surface area contributed by atoms with Crippen LogP contribution in [-0.2, 0) is 0 Å². The zero-order valence-electron chi connectivity index (χ0n) is 15.7. The number of hydrogen-bond acceptors (Lipinski definition) is 3. The summed E-state index contributed by atoms with van der Waals surface area (Å²) in [5.74, 6) is 2.67. The molecule has 1 aromatic rings. The van der Waals surface area contributed by atoms with Crippen molar-refractivity contribution in [3.63, 3.8) is 0 Å². The Morgan fingerprint density at radius 3 is 2.32 bits per heavy atom. The van der Waals surface area contributed by atoms with E-state index in [1.165, 1.54) is 0 Å². The molecule has 0 spiro atoms. The van der Waals surface area contributed by atoms with Gasteiger partial charge in [0.05, 0.1) is 5.70 Å². The standard InChI is InChI=1S/C20H30N3OP/c1-14(2)12-16(6-5-11-25)13-22-23-19(15(3)4)17-7-9-18(10-8-17)20(21)24/h7-11,13-14,16,23,25H,5-6,12H2,1-4H3,(H2,21,24)/b22-13-. The fourth-order valence-electron chi connectivity index (χ4n) is 2.63. The van der Waals surface area contributed by atoms with Crippen molar-refractivity contribution in [1.82, 2.24) is 5.43 Å². The number of carbonyl (C=O) groups is 1. The minimum Gasteiger partial charge on any atom is -0.366 e. The highest BCUT2D eigenvalue weighted by atomic mass is 31.0. The molecule has 0 saturated heterocycles. The van der Waals surface area contributed by atoms with Crippen molar-refractivity contribution < 1.29 is 4.79 Å². The average molecular weight is 359 g/mol. The highest BCUT2D eigenvalue weighted by Gasteiger charge is 2.09. The first-order valence-electron chi connectivity index (χ1n) is 8.71. The lowest BCUT2D eigenvalue weighted by atomic mass is 9.94. The van der Waals surface area contributed by atoms with Gasteiger partial charge in [0.1, 0.15) is 0 Å². The third-order valence-corrected chi connectivity index (χ3v) is 4.16. The minimum absolute atomic E-state index is 0.420. The molecule has 0 heterocycles. The molecule has 1 unspecified atom stereocenters. The molecule has 25 heavy (non-hydrogen) atoms. The average Bonchev–Trinajstić information content (AvgIpc) is 2.55. The van der Waals surface area contributed by atoms with Crippen molar-refractivity contribution in [3.05, 3.63) is 41.0 Å². The molecule has 0 bridgehead atoms. The smallest absolute Gasteiger partial charge is 0.248 e. The predicted octanol–water partition coefficient (Wildman–Crippen LogP) is 4.50. The Bertz CT molecular complexity index is 629. The van der Waals surface area contributed by atoms with E-state index in [9.17, 15) is 4.79 Å². The van der Waals surface area contributed by atoms with Crippen molar-refractivity contribution in [3.8, 4) is 0 Å². The zero-order chi connectivity index (χ0) is 18.8. The van der Waals surface area contributed by atoms with E-state index in [0.717, 1.165) is 36.1 Å². The summed E-state index contributed by atoms with van der Waals surface area (Å²) >= 11 is 0. The molecular formula is C20H30N3OP. The number of hydrogen-bond donors (Lipinski definition) is 2. The molecule has 1 atom stereocenters. The van der Waals surface area contributed by atoms with E-state index < -0.39 is 5.91 Å². The first-order valence-corrected chi connectivity index (χ1v) is 9.28. The van der Waals surface area contributed by atoms with Gasteiger partial charge >= 0.3 is 0 Å². The van der Waals surface area contributed by atoms with Gasteiger partial charge in [-0.2, -0.15) is 5.10 Å². The van der Waals surface area contributed by atoms with Gasteiger partial charge < -0.3 is 5.73 Å². The van der Waals surface area contributed by atoms with Crippen LogP contribution >= 0.6 is 8.86 Å². The van der Waals surface area contributed by atoms with Crippen LogP contribution in [0.2, 0.25) is 0 Å². The van der Waals surface area contributed by atoms with E-state index in [-0.39, 0.29) is 0 Å². The third kappa shape index (κ3) is 7.66. The molecule has 5 heteroatoms. The Balaban J connectivity index is 2.85. The lowest BCUT2D eigenvalue weighted by Gasteiger charge is -2.14. The number of carbonyl (C=O) groups excluding carboxylic acids is 1. The second-order valence-corrected chi connectivity index (χ2v) is 7.29. The Labute approximate surface area is 153 Å². The first kappa shape index (κ1) is 21.1. The summed E-state index contributed by atoms with van der Waals surface area (Å²) in [5, 5.41) is 4.48. The normalized spacial score (nSPS) is 12.2. The highest BCUT2D eigenvalue weighted by Crippen LogP contribution is 2.18. The molecule has 136 valence electrons. The van der Waals surface area contributed by atoms with Crippen LogP contribution in [0.4, 0.5) is 0 Å². The highest BCUT2D eigenvalue weighted by molar-refractivity contribution is 7.18. The fourth-order valence-corrected chi connectivity index (χ4v) is 2.80. The van der Waals surface area contributed by atoms with Gasteiger partial charge in [-0.3, -0.25) is 10.2 Å². The monoisotopic (exact) mass is 359 g/mol. The van der Waals surface area contributed by atoms with Crippen molar-refractivity contribution in [2.45, 2.75) is 47.0 Å². The first-order chi connectivity index (χ1) is 11.8. The molecular weight excluding hydrogens is 329 g/mol. The number of rotatable bonds is 10. The maximum Gasteiger partial charge on any atom is 0.248 e. The van der Waals surface area contributed by atoms with Gasteiger partial charge in [-0.15, -0.1) is 8.86 Å². The Kier molecular flexibility index (Phi) is 9.15. The molecule has 1 aromatic carbocycles. The quantitative estimate of drug-likeness (QED) is 0.367. The number of allylic oxidation sites excluding steroid dienone is 1. The van der Waals surface area contributed by atoms with Crippen molar-refractivity contribution >= 4 is 32.5 Å². The van der Waals surface area contributed by atoms with Crippen LogP contribution in [0.15, 0.2) is 34.9 Å². The Hall–Kier alpha value is -1.93. The molecule has 0 fully saturated rings. The Morgan fingerprint density at radius 2 is 1.84 bits per heavy atom. The maximum atomic E-state index is 11.2. The molecule has 4 nitrogen and oxygen atoms in total. The molecule has 0 aromatic heterocycles. The summed E-state index contributed by atoms with van der Waals surface area (Å²) < 4.78 is 0. The molecule has 0 radical (unpaired) electrons.